The second-order valence-corrected chi connectivity index (χ2v) is 7.20. The summed E-state index contributed by atoms with van der Waals surface area (Å²) < 4.78 is 12.6. The van der Waals surface area contributed by atoms with Crippen molar-refractivity contribution in [1.29, 1.82) is 0 Å². The van der Waals surface area contributed by atoms with Gasteiger partial charge in [0.1, 0.15) is 5.52 Å². The molecule has 3 heterocycles. The predicted octanol–water partition coefficient (Wildman–Crippen LogP) is 2.70. The summed E-state index contributed by atoms with van der Waals surface area (Å²) in [7, 11) is 0. The third-order valence-corrected chi connectivity index (χ3v) is 5.30. The van der Waals surface area contributed by atoms with Crippen molar-refractivity contribution in [1.82, 2.24) is 20.1 Å². The van der Waals surface area contributed by atoms with Crippen LogP contribution in [0, 0.1) is 0 Å². The van der Waals surface area contributed by atoms with Crippen LogP contribution in [0.2, 0.25) is 0 Å². The van der Waals surface area contributed by atoms with Crippen LogP contribution in [0.4, 0.5) is 0 Å². The number of fused-ring (bicyclic) bond motifs is 4. The molecule has 0 unspecified atom stereocenters. The van der Waals surface area contributed by atoms with Gasteiger partial charge in [0.05, 0.1) is 6.20 Å². The van der Waals surface area contributed by atoms with E-state index in [0.717, 1.165) is 27.6 Å². The first kappa shape index (κ1) is 18.2. The van der Waals surface area contributed by atoms with Crippen molar-refractivity contribution in [3.05, 3.63) is 64.6 Å². The zero-order valence-electron chi connectivity index (χ0n) is 16.2. The summed E-state index contributed by atoms with van der Waals surface area (Å²) in [4.78, 5) is 24.7. The van der Waals surface area contributed by atoms with Crippen LogP contribution < -0.4 is 20.3 Å². The molecule has 0 bridgehead atoms. The molecular weight excluding hydrogens is 384 g/mol. The van der Waals surface area contributed by atoms with Gasteiger partial charge in [-0.05, 0) is 30.2 Å². The minimum atomic E-state index is -0.226. The molecule has 0 aliphatic carbocycles. The number of nitrogens with one attached hydrogen (secondary N) is 2. The Bertz CT molecular complexity index is 1310. The maximum Gasteiger partial charge on any atom is 0.288 e. The molecule has 4 aromatic rings. The minimum absolute atomic E-state index is 0.0380. The molecule has 2 aromatic carbocycles. The summed E-state index contributed by atoms with van der Waals surface area (Å²) in [5.74, 6) is 1.39. The number of hydrogen-bond acceptors (Lipinski definition) is 5. The third kappa shape index (κ3) is 3.26. The summed E-state index contributed by atoms with van der Waals surface area (Å²) in [6.07, 6.45) is 2.65. The summed E-state index contributed by atoms with van der Waals surface area (Å²) >= 11 is 0. The maximum absolute atomic E-state index is 12.4. The van der Waals surface area contributed by atoms with E-state index < -0.39 is 0 Å². The van der Waals surface area contributed by atoms with Crippen LogP contribution in [0.1, 0.15) is 18.4 Å². The Morgan fingerprint density at radius 3 is 2.93 bits per heavy atom. The standard InChI is InChI=1S/C22H20N4O4/c27-20(23-11-14-7-8-18-19(10-14)30-13-29-18)6-3-9-26-17-5-2-1-4-15(17)16-12-24-25-22(28)21(16)26/h1-2,4-5,7-8,10,12H,3,6,9,11,13H2,(H,23,27)(H,25,28). The number of benzene rings is 2. The first-order chi connectivity index (χ1) is 14.7. The highest BCUT2D eigenvalue weighted by Crippen LogP contribution is 2.32. The molecule has 0 saturated carbocycles. The zero-order valence-corrected chi connectivity index (χ0v) is 16.2. The fraction of sp³-hybridized carbons (Fsp3) is 0.227. The van der Waals surface area contributed by atoms with Gasteiger partial charge in [0.25, 0.3) is 5.56 Å². The van der Waals surface area contributed by atoms with E-state index in [0.29, 0.717) is 37.2 Å². The van der Waals surface area contributed by atoms with Crippen molar-refractivity contribution < 1.29 is 14.3 Å². The normalized spacial score (nSPS) is 12.5. The Hall–Kier alpha value is -3.81. The van der Waals surface area contributed by atoms with E-state index in [1.165, 1.54) is 0 Å². The molecular formula is C22H20N4O4. The smallest absolute Gasteiger partial charge is 0.288 e. The zero-order chi connectivity index (χ0) is 20.5. The molecule has 2 N–H and O–H groups in total. The van der Waals surface area contributed by atoms with Gasteiger partial charge in [-0.2, -0.15) is 5.10 Å². The van der Waals surface area contributed by atoms with Gasteiger partial charge in [-0.25, -0.2) is 5.10 Å². The third-order valence-electron chi connectivity index (χ3n) is 5.30. The SMILES string of the molecule is O=C(CCCn1c2ccccc2c2cn[nH]c(=O)c21)NCc1ccc2c(c1)OCO2. The summed E-state index contributed by atoms with van der Waals surface area (Å²) in [6, 6.07) is 13.5. The van der Waals surface area contributed by atoms with E-state index in [2.05, 4.69) is 15.5 Å². The highest BCUT2D eigenvalue weighted by molar-refractivity contribution is 6.07. The second kappa shape index (κ2) is 7.55. The number of H-pyrrole nitrogens is 1. The molecule has 0 fully saturated rings. The van der Waals surface area contributed by atoms with Gasteiger partial charge in [0, 0.05) is 35.8 Å². The number of nitrogens with zero attached hydrogens (tertiary/aromatic N) is 2. The average Bonchev–Trinajstić information content (AvgIpc) is 3.36. The van der Waals surface area contributed by atoms with Crippen LogP contribution in [0.5, 0.6) is 11.5 Å². The number of ether oxygens (including phenoxy) is 2. The predicted molar refractivity (Wildman–Crippen MR) is 112 cm³/mol. The lowest BCUT2D eigenvalue weighted by Gasteiger charge is -2.08. The van der Waals surface area contributed by atoms with E-state index in [9.17, 15) is 9.59 Å². The van der Waals surface area contributed by atoms with Crippen LogP contribution in [0.25, 0.3) is 21.8 Å². The quantitative estimate of drug-likeness (QED) is 0.515. The van der Waals surface area contributed by atoms with Gasteiger partial charge in [-0.1, -0.05) is 24.3 Å². The molecule has 8 heteroatoms. The Kier molecular flexibility index (Phi) is 4.59. The minimum Gasteiger partial charge on any atom is -0.454 e. The molecule has 0 spiro atoms. The Labute approximate surface area is 171 Å². The Morgan fingerprint density at radius 2 is 2.00 bits per heavy atom. The summed E-state index contributed by atoms with van der Waals surface area (Å²) in [5, 5.41) is 11.2. The van der Waals surface area contributed by atoms with Crippen LogP contribution in [0.15, 0.2) is 53.5 Å². The van der Waals surface area contributed by atoms with E-state index in [-0.39, 0.29) is 18.3 Å². The molecule has 0 radical (unpaired) electrons. The molecule has 5 rings (SSSR count). The molecule has 0 atom stereocenters. The average molecular weight is 404 g/mol. The van der Waals surface area contributed by atoms with Crippen LogP contribution in [-0.2, 0) is 17.9 Å². The maximum atomic E-state index is 12.4. The van der Waals surface area contributed by atoms with Gasteiger partial charge in [-0.3, -0.25) is 9.59 Å². The van der Waals surface area contributed by atoms with Crippen molar-refractivity contribution in [2.45, 2.75) is 25.9 Å². The van der Waals surface area contributed by atoms with Crippen molar-refractivity contribution in [3.8, 4) is 11.5 Å². The number of aromatic nitrogens is 3. The molecule has 1 aliphatic heterocycles. The molecule has 152 valence electrons. The number of hydrogen-bond donors (Lipinski definition) is 2. The summed E-state index contributed by atoms with van der Waals surface area (Å²) in [5.41, 5.74) is 2.28. The number of amides is 1. The van der Waals surface area contributed by atoms with E-state index in [1.807, 2.05) is 47.0 Å². The molecule has 30 heavy (non-hydrogen) atoms. The Morgan fingerprint density at radius 1 is 1.13 bits per heavy atom. The number of aromatic amines is 1. The van der Waals surface area contributed by atoms with Crippen LogP contribution in [0.3, 0.4) is 0 Å². The lowest BCUT2D eigenvalue weighted by molar-refractivity contribution is -0.121. The molecule has 0 saturated heterocycles. The molecule has 2 aromatic heterocycles. The van der Waals surface area contributed by atoms with Crippen molar-refractivity contribution in [3.63, 3.8) is 0 Å². The van der Waals surface area contributed by atoms with Crippen LogP contribution in [-0.4, -0.2) is 27.5 Å². The lowest BCUT2D eigenvalue weighted by Crippen LogP contribution is -2.23. The number of carbonyl (C=O) groups excluding carboxylic acids is 1. The fourth-order valence-electron chi connectivity index (χ4n) is 3.88. The first-order valence-electron chi connectivity index (χ1n) is 9.80. The van der Waals surface area contributed by atoms with Gasteiger partial charge in [0.2, 0.25) is 12.7 Å². The molecule has 1 amide bonds. The van der Waals surface area contributed by atoms with Gasteiger partial charge >= 0.3 is 0 Å². The monoisotopic (exact) mass is 404 g/mol. The highest BCUT2D eigenvalue weighted by Gasteiger charge is 2.15. The fourth-order valence-corrected chi connectivity index (χ4v) is 3.88. The van der Waals surface area contributed by atoms with Crippen molar-refractivity contribution >= 4 is 27.7 Å². The topological polar surface area (TPSA) is 98.2 Å². The molecule has 1 aliphatic rings. The highest BCUT2D eigenvalue weighted by atomic mass is 16.7. The van der Waals surface area contributed by atoms with Crippen molar-refractivity contribution in [2.24, 2.45) is 0 Å². The molecule has 8 nitrogen and oxygen atoms in total. The van der Waals surface area contributed by atoms with Gasteiger partial charge in [-0.15, -0.1) is 0 Å². The first-order valence-corrected chi connectivity index (χ1v) is 9.80. The summed E-state index contributed by atoms with van der Waals surface area (Å²) in [6.45, 7) is 1.22. The Balaban J connectivity index is 1.25. The number of para-hydroxylation sites is 1. The number of carbonyl (C=O) groups is 1. The van der Waals surface area contributed by atoms with Crippen molar-refractivity contribution in [2.75, 3.05) is 6.79 Å². The largest absolute Gasteiger partial charge is 0.454 e. The van der Waals surface area contributed by atoms with Gasteiger partial charge in [0.15, 0.2) is 11.5 Å². The van der Waals surface area contributed by atoms with Crippen LogP contribution >= 0.6 is 0 Å². The van der Waals surface area contributed by atoms with Gasteiger partial charge < -0.3 is 19.4 Å². The van der Waals surface area contributed by atoms with E-state index >= 15 is 0 Å². The number of rotatable bonds is 6. The lowest BCUT2D eigenvalue weighted by atomic mass is 10.2. The number of aryl methyl sites for hydroxylation is 1. The second-order valence-electron chi connectivity index (χ2n) is 7.20. The van der Waals surface area contributed by atoms with E-state index in [1.54, 1.807) is 6.20 Å². The van der Waals surface area contributed by atoms with E-state index in [4.69, 9.17) is 9.47 Å².